The first-order valence-corrected chi connectivity index (χ1v) is 8.98. The molecule has 0 aliphatic carbocycles. The van der Waals surface area contributed by atoms with Crippen molar-refractivity contribution in [2.45, 2.75) is 24.7 Å². The number of hydrogen-bond acceptors (Lipinski definition) is 6. The molecule has 1 aromatic heterocycles. The average Bonchev–Trinajstić information content (AvgIpc) is 2.80. The van der Waals surface area contributed by atoms with Crippen LogP contribution in [-0.2, 0) is 21.2 Å². The summed E-state index contributed by atoms with van der Waals surface area (Å²) in [6.45, 7) is 4.12. The van der Waals surface area contributed by atoms with E-state index in [0.29, 0.717) is 32.1 Å². The molecule has 2 fully saturated rings. The number of aromatic nitrogens is 1. The maximum atomic E-state index is 12.1. The molecular formula is C12H18N2O3S2. The maximum Gasteiger partial charge on any atom is 0.158 e. The summed E-state index contributed by atoms with van der Waals surface area (Å²) in [5.74, 6) is 0.428. The van der Waals surface area contributed by atoms with Gasteiger partial charge in [0.1, 0.15) is 4.75 Å². The lowest BCUT2D eigenvalue weighted by Crippen LogP contribution is -2.65. The normalized spacial score (nSPS) is 27.5. The number of rotatable bonds is 4. The third kappa shape index (κ3) is 2.22. The van der Waals surface area contributed by atoms with E-state index in [1.807, 2.05) is 12.3 Å². The fourth-order valence-electron chi connectivity index (χ4n) is 2.91. The second kappa shape index (κ2) is 4.80. The van der Waals surface area contributed by atoms with E-state index in [1.165, 1.54) is 0 Å². The van der Waals surface area contributed by atoms with E-state index >= 15 is 0 Å². The van der Waals surface area contributed by atoms with Crippen molar-refractivity contribution < 1.29 is 13.2 Å². The van der Waals surface area contributed by atoms with E-state index in [-0.39, 0.29) is 5.92 Å². The molecule has 0 amide bonds. The van der Waals surface area contributed by atoms with Crippen LogP contribution in [-0.4, -0.2) is 43.6 Å². The molecule has 1 aromatic rings. The van der Waals surface area contributed by atoms with Gasteiger partial charge in [-0.3, -0.25) is 0 Å². The molecule has 3 rings (SSSR count). The molecule has 106 valence electrons. The van der Waals surface area contributed by atoms with Gasteiger partial charge in [0, 0.05) is 24.4 Å². The predicted octanol–water partition coefficient (Wildman–Crippen LogP) is 0.745. The highest BCUT2D eigenvalue weighted by atomic mass is 32.2. The summed E-state index contributed by atoms with van der Waals surface area (Å²) in [7, 11) is -2.95. The fraction of sp³-hybridized carbons (Fsp3) is 0.750. The number of aryl methyl sites for hydroxylation is 1. The first-order chi connectivity index (χ1) is 9.03. The number of nitrogens with zero attached hydrogens (tertiary/aromatic N) is 1. The summed E-state index contributed by atoms with van der Waals surface area (Å²) in [5, 5.41) is 6.11. The van der Waals surface area contributed by atoms with E-state index in [0.717, 1.165) is 17.1 Å². The molecule has 1 spiro atoms. The standard InChI is InChI=1S/C12H18N2O3S2/c1-9-14-11(6-18-9)5-17-4-10-2-3-19(15,16)12(10)7-13-8-12/h6,10,13H,2-5,7-8H2,1H3. The molecule has 19 heavy (non-hydrogen) atoms. The molecule has 3 heterocycles. The van der Waals surface area contributed by atoms with Gasteiger partial charge in [-0.25, -0.2) is 13.4 Å². The summed E-state index contributed by atoms with van der Waals surface area (Å²) in [6, 6.07) is 0. The van der Waals surface area contributed by atoms with Crippen molar-refractivity contribution in [2.24, 2.45) is 5.92 Å². The number of sulfone groups is 1. The Morgan fingerprint density at radius 3 is 2.95 bits per heavy atom. The van der Waals surface area contributed by atoms with Crippen LogP contribution in [0, 0.1) is 12.8 Å². The van der Waals surface area contributed by atoms with Crippen molar-refractivity contribution >= 4 is 21.2 Å². The Labute approximate surface area is 117 Å². The SMILES string of the molecule is Cc1nc(COCC2CCS(=O)(=O)C23CNC3)cs1. The molecule has 2 aliphatic heterocycles. The Morgan fingerprint density at radius 1 is 1.58 bits per heavy atom. The summed E-state index contributed by atoms with van der Waals surface area (Å²) in [4.78, 5) is 4.34. The minimum Gasteiger partial charge on any atom is -0.375 e. The highest BCUT2D eigenvalue weighted by Crippen LogP contribution is 2.41. The molecule has 5 nitrogen and oxygen atoms in total. The van der Waals surface area contributed by atoms with Gasteiger partial charge in [-0.1, -0.05) is 0 Å². The quantitative estimate of drug-likeness (QED) is 0.889. The Bertz CT molecular complexity index is 563. The second-order valence-corrected chi connectivity index (χ2v) is 8.86. The molecule has 1 unspecified atom stereocenters. The molecule has 1 N–H and O–H groups in total. The zero-order valence-corrected chi connectivity index (χ0v) is 12.5. The summed E-state index contributed by atoms with van der Waals surface area (Å²) < 4.78 is 29.4. The monoisotopic (exact) mass is 302 g/mol. The third-order valence-corrected chi connectivity index (χ3v) is 7.64. The zero-order valence-electron chi connectivity index (χ0n) is 10.9. The van der Waals surface area contributed by atoms with Crippen LogP contribution in [0.2, 0.25) is 0 Å². The van der Waals surface area contributed by atoms with Gasteiger partial charge in [-0.05, 0) is 13.3 Å². The lowest BCUT2D eigenvalue weighted by molar-refractivity contribution is 0.0631. The van der Waals surface area contributed by atoms with Crippen molar-refractivity contribution in [1.82, 2.24) is 10.3 Å². The molecule has 0 bridgehead atoms. The van der Waals surface area contributed by atoms with Crippen LogP contribution in [0.25, 0.3) is 0 Å². The van der Waals surface area contributed by atoms with E-state index in [1.54, 1.807) is 11.3 Å². The van der Waals surface area contributed by atoms with E-state index in [9.17, 15) is 8.42 Å². The van der Waals surface area contributed by atoms with E-state index < -0.39 is 14.6 Å². The van der Waals surface area contributed by atoms with Crippen LogP contribution in [0.4, 0.5) is 0 Å². The minimum atomic E-state index is -2.95. The van der Waals surface area contributed by atoms with Crippen molar-refractivity contribution in [2.75, 3.05) is 25.4 Å². The summed E-state index contributed by atoms with van der Waals surface area (Å²) in [6.07, 6.45) is 0.722. The predicted molar refractivity (Wildman–Crippen MR) is 74.0 cm³/mol. The van der Waals surface area contributed by atoms with Crippen molar-refractivity contribution in [3.05, 3.63) is 16.1 Å². The Kier molecular flexibility index (Phi) is 3.41. The van der Waals surface area contributed by atoms with Crippen molar-refractivity contribution in [1.29, 1.82) is 0 Å². The highest BCUT2D eigenvalue weighted by molar-refractivity contribution is 7.93. The zero-order chi connectivity index (χ0) is 13.5. The maximum absolute atomic E-state index is 12.1. The van der Waals surface area contributed by atoms with Gasteiger partial charge in [-0.2, -0.15) is 0 Å². The summed E-state index contributed by atoms with van der Waals surface area (Å²) >= 11 is 1.61. The average molecular weight is 302 g/mol. The number of hydrogen-bond donors (Lipinski definition) is 1. The van der Waals surface area contributed by atoms with Crippen LogP contribution >= 0.6 is 11.3 Å². The molecule has 2 saturated heterocycles. The number of nitrogens with one attached hydrogen (secondary N) is 1. The first kappa shape index (κ1) is 13.5. The Balaban J connectivity index is 1.59. The smallest absolute Gasteiger partial charge is 0.158 e. The van der Waals surface area contributed by atoms with E-state index in [2.05, 4.69) is 10.3 Å². The lowest BCUT2D eigenvalue weighted by Gasteiger charge is -2.42. The summed E-state index contributed by atoms with van der Waals surface area (Å²) in [5.41, 5.74) is 0.934. The van der Waals surface area contributed by atoms with Gasteiger partial charge in [0.15, 0.2) is 9.84 Å². The van der Waals surface area contributed by atoms with Crippen LogP contribution in [0.15, 0.2) is 5.38 Å². The van der Waals surface area contributed by atoms with Crippen LogP contribution in [0.3, 0.4) is 0 Å². The minimum absolute atomic E-state index is 0.124. The van der Waals surface area contributed by atoms with Gasteiger partial charge >= 0.3 is 0 Å². The molecular weight excluding hydrogens is 284 g/mol. The third-order valence-electron chi connectivity index (χ3n) is 4.18. The first-order valence-electron chi connectivity index (χ1n) is 6.45. The lowest BCUT2D eigenvalue weighted by atomic mass is 9.85. The molecule has 2 aliphatic rings. The fourth-order valence-corrected chi connectivity index (χ4v) is 5.85. The van der Waals surface area contributed by atoms with Gasteiger partial charge < -0.3 is 10.1 Å². The number of thiazole rings is 1. The van der Waals surface area contributed by atoms with Crippen molar-refractivity contribution in [3.8, 4) is 0 Å². The molecule has 1 atom stereocenters. The second-order valence-electron chi connectivity index (χ2n) is 5.35. The molecule has 0 aromatic carbocycles. The Hall–Kier alpha value is -0.500. The Morgan fingerprint density at radius 2 is 2.37 bits per heavy atom. The van der Waals surface area contributed by atoms with E-state index in [4.69, 9.17) is 4.74 Å². The largest absolute Gasteiger partial charge is 0.375 e. The molecule has 0 saturated carbocycles. The highest BCUT2D eigenvalue weighted by Gasteiger charge is 2.58. The van der Waals surface area contributed by atoms with Gasteiger partial charge in [0.25, 0.3) is 0 Å². The molecule has 7 heteroatoms. The van der Waals surface area contributed by atoms with Crippen LogP contribution in [0.1, 0.15) is 17.1 Å². The van der Waals surface area contributed by atoms with Crippen LogP contribution in [0.5, 0.6) is 0 Å². The van der Waals surface area contributed by atoms with Gasteiger partial charge in [0.2, 0.25) is 0 Å². The van der Waals surface area contributed by atoms with Gasteiger partial charge in [0.05, 0.1) is 29.7 Å². The molecule has 0 radical (unpaired) electrons. The van der Waals surface area contributed by atoms with Gasteiger partial charge in [-0.15, -0.1) is 11.3 Å². The topological polar surface area (TPSA) is 68.3 Å². The number of ether oxygens (including phenoxy) is 1. The van der Waals surface area contributed by atoms with Crippen molar-refractivity contribution in [3.63, 3.8) is 0 Å². The van der Waals surface area contributed by atoms with Crippen LogP contribution < -0.4 is 5.32 Å².